The highest BCUT2D eigenvalue weighted by atomic mass is 19.1. The molecule has 2 heterocycles. The Balaban J connectivity index is 1.66. The monoisotopic (exact) mass is 393 g/mol. The van der Waals surface area contributed by atoms with E-state index in [-0.39, 0.29) is 31.5 Å². The maximum Gasteiger partial charge on any atom is 0.243 e. The second kappa shape index (κ2) is 8.05. The molecule has 2 N–H and O–H groups in total. The summed E-state index contributed by atoms with van der Waals surface area (Å²) in [6.07, 6.45) is -0.909. The third-order valence-electron chi connectivity index (χ3n) is 4.63. The van der Waals surface area contributed by atoms with Crippen LogP contribution in [0.25, 0.3) is 0 Å². The number of aromatic nitrogens is 1. The van der Waals surface area contributed by atoms with Crippen molar-refractivity contribution in [1.82, 2.24) is 15.4 Å². The summed E-state index contributed by atoms with van der Waals surface area (Å²) in [5, 5.41) is 16.1. The van der Waals surface area contributed by atoms with Gasteiger partial charge in [-0.15, -0.1) is 0 Å². The Morgan fingerprint density at radius 2 is 1.96 bits per heavy atom. The third kappa shape index (κ3) is 4.36. The number of rotatable bonds is 5. The lowest BCUT2D eigenvalue weighted by atomic mass is 10.1. The molecule has 2 amide bonds. The predicted octanol–water partition coefficient (Wildman–Crippen LogP) is 1.39. The second-order valence-electron chi connectivity index (χ2n) is 6.99. The van der Waals surface area contributed by atoms with Gasteiger partial charge in [0.25, 0.3) is 0 Å². The largest absolute Gasteiger partial charge is 0.391 e. The van der Waals surface area contributed by atoms with Gasteiger partial charge < -0.3 is 19.8 Å². The van der Waals surface area contributed by atoms with E-state index in [9.17, 15) is 23.5 Å². The van der Waals surface area contributed by atoms with Crippen LogP contribution in [0.2, 0.25) is 0 Å². The Labute approximate surface area is 160 Å². The van der Waals surface area contributed by atoms with Crippen molar-refractivity contribution in [3.8, 4) is 0 Å². The number of amides is 2. The van der Waals surface area contributed by atoms with Crippen LogP contribution in [0, 0.1) is 25.5 Å². The molecule has 1 aromatic carbocycles. The fourth-order valence-corrected chi connectivity index (χ4v) is 3.28. The number of carbonyl (C=O) groups is 2. The van der Waals surface area contributed by atoms with Crippen molar-refractivity contribution in [2.45, 2.75) is 45.4 Å². The Bertz CT molecular complexity index is 876. The molecule has 1 fully saturated rings. The molecule has 0 unspecified atom stereocenters. The van der Waals surface area contributed by atoms with Gasteiger partial charge in [0.15, 0.2) is 0 Å². The highest BCUT2D eigenvalue weighted by Crippen LogP contribution is 2.21. The van der Waals surface area contributed by atoms with E-state index in [0.717, 1.165) is 0 Å². The number of aryl methyl sites for hydroxylation is 2. The molecule has 0 saturated carbocycles. The summed E-state index contributed by atoms with van der Waals surface area (Å²) in [5.74, 6) is -2.14. The molecule has 0 spiro atoms. The van der Waals surface area contributed by atoms with E-state index >= 15 is 0 Å². The van der Waals surface area contributed by atoms with Gasteiger partial charge in [-0.2, -0.15) is 0 Å². The minimum Gasteiger partial charge on any atom is -0.391 e. The van der Waals surface area contributed by atoms with Crippen LogP contribution in [0.1, 0.15) is 29.0 Å². The predicted molar refractivity (Wildman–Crippen MR) is 94.0 cm³/mol. The Hall–Kier alpha value is -2.81. The fourth-order valence-electron chi connectivity index (χ4n) is 3.28. The average Bonchev–Trinajstić information content (AvgIpc) is 3.19. The first-order chi connectivity index (χ1) is 13.2. The molecule has 0 radical (unpaired) electrons. The SMILES string of the molecule is Cc1cc(F)c(CNC(=O)[C@@H]2C[C@@H](O)CN2C(=O)Cc2cc(C)no2)c(F)c1. The van der Waals surface area contributed by atoms with Gasteiger partial charge in [0.2, 0.25) is 11.8 Å². The van der Waals surface area contributed by atoms with Crippen LogP contribution < -0.4 is 5.32 Å². The third-order valence-corrected chi connectivity index (χ3v) is 4.63. The summed E-state index contributed by atoms with van der Waals surface area (Å²) in [6.45, 7) is 2.93. The summed E-state index contributed by atoms with van der Waals surface area (Å²) in [6, 6.07) is 3.05. The molecule has 9 heteroatoms. The smallest absolute Gasteiger partial charge is 0.243 e. The zero-order valence-corrected chi connectivity index (χ0v) is 15.5. The first kappa shape index (κ1) is 19.9. The molecular weight excluding hydrogens is 372 g/mol. The number of halogens is 2. The summed E-state index contributed by atoms with van der Waals surface area (Å²) >= 11 is 0. The molecule has 1 saturated heterocycles. The van der Waals surface area contributed by atoms with Gasteiger partial charge >= 0.3 is 0 Å². The Morgan fingerprint density at radius 3 is 2.57 bits per heavy atom. The number of benzene rings is 1. The number of β-amino-alcohol motifs (C(OH)–C–C–N with tert-alkyl or cyclic N) is 1. The number of aliphatic hydroxyl groups is 1. The molecular formula is C19H21F2N3O4. The minimum atomic E-state index is -0.928. The minimum absolute atomic E-state index is 0.00269. The van der Waals surface area contributed by atoms with Crippen molar-refractivity contribution in [3.63, 3.8) is 0 Å². The van der Waals surface area contributed by atoms with Gasteiger partial charge in [-0.3, -0.25) is 9.59 Å². The number of hydrogen-bond donors (Lipinski definition) is 2. The van der Waals surface area contributed by atoms with E-state index in [0.29, 0.717) is 17.0 Å². The molecule has 2 aromatic rings. The number of nitrogens with one attached hydrogen (secondary N) is 1. The van der Waals surface area contributed by atoms with Crippen LogP contribution in [0.3, 0.4) is 0 Å². The van der Waals surface area contributed by atoms with E-state index in [4.69, 9.17) is 4.52 Å². The van der Waals surface area contributed by atoms with Crippen molar-refractivity contribution in [2.24, 2.45) is 0 Å². The lowest BCUT2D eigenvalue weighted by Gasteiger charge is -2.23. The number of carbonyl (C=O) groups excluding carboxylic acids is 2. The highest BCUT2D eigenvalue weighted by Gasteiger charge is 2.39. The molecule has 0 aliphatic carbocycles. The maximum atomic E-state index is 13.9. The molecule has 0 bridgehead atoms. The molecule has 2 atom stereocenters. The van der Waals surface area contributed by atoms with E-state index in [1.54, 1.807) is 19.9 Å². The van der Waals surface area contributed by atoms with Gasteiger partial charge in [-0.25, -0.2) is 8.78 Å². The van der Waals surface area contributed by atoms with Crippen LogP contribution in [-0.2, 0) is 22.6 Å². The first-order valence-corrected chi connectivity index (χ1v) is 8.86. The van der Waals surface area contributed by atoms with Crippen molar-refractivity contribution in [3.05, 3.63) is 52.4 Å². The lowest BCUT2D eigenvalue weighted by molar-refractivity contribution is -0.138. The summed E-state index contributed by atoms with van der Waals surface area (Å²) in [4.78, 5) is 26.3. The standard InChI is InChI=1S/C19H21F2N3O4/c1-10-3-15(20)14(16(21)4-10)8-22-19(27)17-6-12(25)9-24(17)18(26)7-13-5-11(2)23-28-13/h3-5,12,17,25H,6-9H2,1-2H3,(H,22,27)/t12-,17+/m1/s1. The van der Waals surface area contributed by atoms with E-state index in [1.165, 1.54) is 17.0 Å². The molecule has 1 aliphatic rings. The van der Waals surface area contributed by atoms with Gasteiger partial charge in [0.1, 0.15) is 23.4 Å². The highest BCUT2D eigenvalue weighted by molar-refractivity contribution is 5.89. The maximum absolute atomic E-state index is 13.9. The quantitative estimate of drug-likeness (QED) is 0.801. The number of hydrogen-bond acceptors (Lipinski definition) is 5. The van der Waals surface area contributed by atoms with Crippen molar-refractivity contribution >= 4 is 11.8 Å². The second-order valence-corrected chi connectivity index (χ2v) is 6.99. The van der Waals surface area contributed by atoms with Crippen LogP contribution in [0.15, 0.2) is 22.7 Å². The van der Waals surface area contributed by atoms with Gasteiger partial charge in [0.05, 0.1) is 18.2 Å². The Morgan fingerprint density at radius 1 is 1.29 bits per heavy atom. The molecule has 3 rings (SSSR count). The zero-order chi connectivity index (χ0) is 20.4. The van der Waals surface area contributed by atoms with Crippen LogP contribution in [-0.4, -0.2) is 45.7 Å². The lowest BCUT2D eigenvalue weighted by Crippen LogP contribution is -2.46. The number of aliphatic hydroxyl groups excluding tert-OH is 1. The van der Waals surface area contributed by atoms with Gasteiger partial charge in [-0.1, -0.05) is 5.16 Å². The molecule has 1 aliphatic heterocycles. The van der Waals surface area contributed by atoms with Crippen molar-refractivity contribution in [1.29, 1.82) is 0 Å². The molecule has 150 valence electrons. The van der Waals surface area contributed by atoms with Crippen LogP contribution >= 0.6 is 0 Å². The van der Waals surface area contributed by atoms with Crippen molar-refractivity contribution < 1.29 is 28.0 Å². The van der Waals surface area contributed by atoms with E-state index < -0.39 is 35.6 Å². The number of nitrogens with zero attached hydrogens (tertiary/aromatic N) is 2. The fraction of sp³-hybridized carbons (Fsp3) is 0.421. The zero-order valence-electron chi connectivity index (χ0n) is 15.5. The van der Waals surface area contributed by atoms with Crippen LogP contribution in [0.5, 0.6) is 0 Å². The van der Waals surface area contributed by atoms with Crippen LogP contribution in [0.4, 0.5) is 8.78 Å². The molecule has 7 nitrogen and oxygen atoms in total. The average molecular weight is 393 g/mol. The normalized spacial score (nSPS) is 19.1. The number of likely N-dealkylation sites (tertiary alicyclic amines) is 1. The summed E-state index contributed by atoms with van der Waals surface area (Å²) in [5.41, 5.74) is 0.802. The van der Waals surface area contributed by atoms with E-state index in [2.05, 4.69) is 10.5 Å². The topological polar surface area (TPSA) is 95.7 Å². The first-order valence-electron chi connectivity index (χ1n) is 8.86. The molecule has 28 heavy (non-hydrogen) atoms. The van der Waals surface area contributed by atoms with Gasteiger partial charge in [-0.05, 0) is 31.5 Å². The van der Waals surface area contributed by atoms with Crippen molar-refractivity contribution in [2.75, 3.05) is 6.54 Å². The molecule has 1 aromatic heterocycles. The van der Waals surface area contributed by atoms with Gasteiger partial charge in [0, 0.05) is 31.1 Å². The summed E-state index contributed by atoms with van der Waals surface area (Å²) < 4.78 is 32.9. The van der Waals surface area contributed by atoms with E-state index in [1.807, 2.05) is 0 Å². The summed E-state index contributed by atoms with van der Waals surface area (Å²) in [7, 11) is 0. The Kier molecular flexibility index (Phi) is 5.73.